The van der Waals surface area contributed by atoms with Crippen molar-refractivity contribution in [1.82, 2.24) is 10.3 Å². The molecule has 1 atom stereocenters. The number of hydrogen-bond acceptors (Lipinski definition) is 4. The molecule has 1 unspecified atom stereocenters. The van der Waals surface area contributed by atoms with Gasteiger partial charge in [0, 0.05) is 19.2 Å². The van der Waals surface area contributed by atoms with Crippen molar-refractivity contribution in [3.05, 3.63) is 23.8 Å². The maximum Gasteiger partial charge on any atom is 0.255 e. The van der Waals surface area contributed by atoms with Crippen molar-refractivity contribution in [2.75, 3.05) is 24.5 Å². The van der Waals surface area contributed by atoms with Crippen LogP contribution in [0.25, 0.3) is 10.2 Å². The van der Waals surface area contributed by atoms with Crippen LogP contribution < -0.4 is 10.2 Å². The van der Waals surface area contributed by atoms with Gasteiger partial charge >= 0.3 is 0 Å². The zero-order valence-corrected chi connectivity index (χ0v) is 13.4. The molecule has 0 aliphatic carbocycles. The summed E-state index contributed by atoms with van der Waals surface area (Å²) in [5.74, 6) is -2.24. The molecule has 130 valence electrons. The van der Waals surface area contributed by atoms with Crippen LogP contribution in [0.1, 0.15) is 12.8 Å². The predicted octanol–water partition coefficient (Wildman–Crippen LogP) is 3.17. The number of thiazole rings is 1. The number of alkyl halides is 2. The average molecular weight is 361 g/mol. The Morgan fingerprint density at radius 1 is 1.42 bits per heavy atom. The Balaban J connectivity index is 1.75. The van der Waals surface area contributed by atoms with E-state index < -0.39 is 36.4 Å². The molecule has 1 fully saturated rings. The summed E-state index contributed by atoms with van der Waals surface area (Å²) in [5, 5.41) is 2.73. The van der Waals surface area contributed by atoms with Gasteiger partial charge in [0.2, 0.25) is 5.91 Å². The molecule has 0 bridgehead atoms. The van der Waals surface area contributed by atoms with Crippen LogP contribution in [0.15, 0.2) is 12.1 Å². The van der Waals surface area contributed by atoms with Crippen molar-refractivity contribution in [1.29, 1.82) is 0 Å². The first kappa shape index (κ1) is 16.9. The van der Waals surface area contributed by atoms with Crippen LogP contribution in [0.2, 0.25) is 0 Å². The molecule has 2 heterocycles. The van der Waals surface area contributed by atoms with Crippen molar-refractivity contribution < 1.29 is 22.4 Å². The minimum absolute atomic E-state index is 0.0978. The fourth-order valence-corrected chi connectivity index (χ4v) is 3.81. The van der Waals surface area contributed by atoms with Crippen LogP contribution in [0.3, 0.4) is 0 Å². The summed E-state index contributed by atoms with van der Waals surface area (Å²) in [6.45, 7) is 0.280. The summed E-state index contributed by atoms with van der Waals surface area (Å²) in [4.78, 5) is 18.0. The number of carbonyl (C=O) groups is 1. The van der Waals surface area contributed by atoms with Gasteiger partial charge in [0.1, 0.15) is 11.3 Å². The Hall–Kier alpha value is -1.90. The third-order valence-electron chi connectivity index (χ3n) is 3.90. The monoisotopic (exact) mass is 361 g/mol. The van der Waals surface area contributed by atoms with E-state index in [-0.39, 0.29) is 5.52 Å². The molecule has 0 radical (unpaired) electrons. The van der Waals surface area contributed by atoms with E-state index in [4.69, 9.17) is 0 Å². The van der Waals surface area contributed by atoms with E-state index in [1.807, 2.05) is 4.90 Å². The molecule has 1 N–H and O–H groups in total. The average Bonchev–Trinajstić information content (AvgIpc) is 2.97. The smallest absolute Gasteiger partial charge is 0.255 e. The van der Waals surface area contributed by atoms with Crippen LogP contribution >= 0.6 is 11.3 Å². The maximum absolute atomic E-state index is 13.8. The highest BCUT2D eigenvalue weighted by Crippen LogP contribution is 2.33. The Kier molecular flexibility index (Phi) is 4.88. The van der Waals surface area contributed by atoms with Crippen LogP contribution in [0.5, 0.6) is 0 Å². The van der Waals surface area contributed by atoms with Gasteiger partial charge in [-0.25, -0.2) is 22.5 Å². The summed E-state index contributed by atoms with van der Waals surface area (Å²) >= 11 is 1.15. The van der Waals surface area contributed by atoms with Crippen molar-refractivity contribution >= 4 is 32.6 Å². The summed E-state index contributed by atoms with van der Waals surface area (Å²) in [6, 6.07) is 2.00. The van der Waals surface area contributed by atoms with Gasteiger partial charge in [-0.1, -0.05) is 11.3 Å². The summed E-state index contributed by atoms with van der Waals surface area (Å²) in [7, 11) is 0. The standard InChI is InChI=1S/C15H15F4N3OS/c16-9-4-10(17)13-11(5-9)24-15(21-13)22-3-1-2-8(7-22)14(23)20-6-12(18)19/h4-5,8,12H,1-3,6-7H2,(H,20,23). The van der Waals surface area contributed by atoms with Crippen molar-refractivity contribution in [3.63, 3.8) is 0 Å². The lowest BCUT2D eigenvalue weighted by atomic mass is 9.97. The first-order chi connectivity index (χ1) is 11.4. The molecule has 3 rings (SSSR count). The van der Waals surface area contributed by atoms with Crippen molar-refractivity contribution in [2.24, 2.45) is 5.92 Å². The number of halogens is 4. The molecule has 1 aromatic heterocycles. The molecule has 1 aliphatic rings. The number of amides is 1. The number of carbonyl (C=O) groups excluding carboxylic acids is 1. The van der Waals surface area contributed by atoms with Crippen molar-refractivity contribution in [2.45, 2.75) is 19.3 Å². The summed E-state index contributed by atoms with van der Waals surface area (Å²) in [6.07, 6.45) is -1.30. The normalized spacial score (nSPS) is 18.4. The minimum Gasteiger partial charge on any atom is -0.350 e. The second-order valence-corrected chi connectivity index (χ2v) is 6.66. The maximum atomic E-state index is 13.8. The Labute approximate surface area is 139 Å². The fraction of sp³-hybridized carbons (Fsp3) is 0.467. The number of piperidine rings is 1. The first-order valence-corrected chi connectivity index (χ1v) is 8.32. The molecule has 0 saturated carbocycles. The molecule has 0 spiro atoms. The van der Waals surface area contributed by atoms with Crippen molar-refractivity contribution in [3.8, 4) is 0 Å². The summed E-state index contributed by atoms with van der Waals surface area (Å²) in [5.41, 5.74) is 0.0978. The molecule has 9 heteroatoms. The molecule has 1 aliphatic heterocycles. The predicted molar refractivity (Wildman–Crippen MR) is 83.5 cm³/mol. The number of benzene rings is 1. The van der Waals surface area contributed by atoms with E-state index in [0.717, 1.165) is 17.4 Å². The second-order valence-electron chi connectivity index (χ2n) is 5.65. The van der Waals surface area contributed by atoms with E-state index >= 15 is 0 Å². The SMILES string of the molecule is O=C(NCC(F)F)C1CCCN(c2nc3c(F)cc(F)cc3s2)C1. The lowest BCUT2D eigenvalue weighted by Gasteiger charge is -2.31. The van der Waals surface area contributed by atoms with E-state index in [9.17, 15) is 22.4 Å². The van der Waals surface area contributed by atoms with Crippen LogP contribution in [0.4, 0.5) is 22.7 Å². The highest BCUT2D eigenvalue weighted by molar-refractivity contribution is 7.22. The number of aromatic nitrogens is 1. The van der Waals surface area contributed by atoms with Gasteiger partial charge in [0.15, 0.2) is 10.9 Å². The molecular weight excluding hydrogens is 346 g/mol. The van der Waals surface area contributed by atoms with Crippen LogP contribution in [-0.2, 0) is 4.79 Å². The van der Waals surface area contributed by atoms with Gasteiger partial charge in [-0.05, 0) is 18.9 Å². The lowest BCUT2D eigenvalue weighted by molar-refractivity contribution is -0.125. The fourth-order valence-electron chi connectivity index (χ4n) is 2.77. The Morgan fingerprint density at radius 2 is 2.21 bits per heavy atom. The van der Waals surface area contributed by atoms with Gasteiger partial charge in [-0.2, -0.15) is 0 Å². The van der Waals surface area contributed by atoms with E-state index in [1.165, 1.54) is 6.07 Å². The van der Waals surface area contributed by atoms with Gasteiger partial charge in [-0.15, -0.1) is 0 Å². The topological polar surface area (TPSA) is 45.2 Å². The highest BCUT2D eigenvalue weighted by Gasteiger charge is 2.28. The van der Waals surface area contributed by atoms with Crippen LogP contribution in [0, 0.1) is 17.6 Å². The van der Waals surface area contributed by atoms with Crippen LogP contribution in [-0.4, -0.2) is 37.0 Å². The van der Waals surface area contributed by atoms with Gasteiger partial charge in [-0.3, -0.25) is 4.79 Å². The quantitative estimate of drug-likeness (QED) is 0.851. The molecule has 1 aromatic carbocycles. The zero-order valence-electron chi connectivity index (χ0n) is 12.6. The molecule has 1 saturated heterocycles. The minimum atomic E-state index is -2.59. The molecular formula is C15H15F4N3OS. The van der Waals surface area contributed by atoms with E-state index in [2.05, 4.69) is 10.3 Å². The number of anilines is 1. The summed E-state index contributed by atoms with van der Waals surface area (Å²) < 4.78 is 51.8. The number of nitrogens with zero attached hydrogens (tertiary/aromatic N) is 2. The molecule has 24 heavy (non-hydrogen) atoms. The zero-order chi connectivity index (χ0) is 17.3. The first-order valence-electron chi connectivity index (χ1n) is 7.50. The Morgan fingerprint density at radius 3 is 2.96 bits per heavy atom. The number of hydrogen-bond donors (Lipinski definition) is 1. The van der Waals surface area contributed by atoms with Gasteiger partial charge < -0.3 is 10.2 Å². The number of rotatable bonds is 4. The highest BCUT2D eigenvalue weighted by atomic mass is 32.1. The third kappa shape index (κ3) is 3.61. The number of fused-ring (bicyclic) bond motifs is 1. The van der Waals surface area contributed by atoms with Gasteiger partial charge in [0.05, 0.1) is 17.2 Å². The largest absolute Gasteiger partial charge is 0.350 e. The third-order valence-corrected chi connectivity index (χ3v) is 4.96. The molecule has 2 aromatic rings. The van der Waals surface area contributed by atoms with Gasteiger partial charge in [0.25, 0.3) is 6.43 Å². The number of nitrogens with one attached hydrogen (secondary N) is 1. The van der Waals surface area contributed by atoms with E-state index in [1.54, 1.807) is 0 Å². The molecule has 1 amide bonds. The molecule has 4 nitrogen and oxygen atoms in total. The van der Waals surface area contributed by atoms with E-state index in [0.29, 0.717) is 35.8 Å². The lowest BCUT2D eigenvalue weighted by Crippen LogP contribution is -2.44. The Bertz CT molecular complexity index is 752. The second kappa shape index (κ2) is 6.92.